The molecular weight excluding hydrogens is 288 g/mol. The number of nitrogens with one attached hydrogen (secondary N) is 1. The Bertz CT molecular complexity index is 716. The van der Waals surface area contributed by atoms with E-state index in [0.717, 1.165) is 37.2 Å². The van der Waals surface area contributed by atoms with Gasteiger partial charge in [-0.2, -0.15) is 5.10 Å². The number of aryl methyl sites for hydroxylation is 2. The number of carbonyl (C=O) groups is 1. The van der Waals surface area contributed by atoms with Gasteiger partial charge in [-0.25, -0.2) is 4.68 Å². The van der Waals surface area contributed by atoms with E-state index in [1.807, 2.05) is 16.8 Å². The number of hydrogen-bond donors (Lipinski definition) is 1. The van der Waals surface area contributed by atoms with Gasteiger partial charge < -0.3 is 5.32 Å². The second-order valence-corrected chi connectivity index (χ2v) is 6.59. The molecule has 1 amide bonds. The summed E-state index contributed by atoms with van der Waals surface area (Å²) in [6, 6.07) is 4.30. The van der Waals surface area contributed by atoms with E-state index in [0.29, 0.717) is 11.6 Å². The minimum absolute atomic E-state index is 0.0920. The fraction of sp³-hybridized carbons (Fsp3) is 0.500. The third kappa shape index (κ3) is 2.87. The second-order valence-electron chi connectivity index (χ2n) is 6.59. The first-order valence-corrected chi connectivity index (χ1v) is 8.64. The normalized spacial score (nSPS) is 17.9. The molecule has 1 N–H and O–H groups in total. The van der Waals surface area contributed by atoms with Crippen molar-refractivity contribution in [3.8, 4) is 0 Å². The number of amides is 1. The predicted octanol–water partition coefficient (Wildman–Crippen LogP) is 3.52. The average molecular weight is 310 g/mol. The molecule has 1 saturated carbocycles. The summed E-state index contributed by atoms with van der Waals surface area (Å²) in [5.74, 6) is 0.699. The van der Waals surface area contributed by atoms with Crippen LogP contribution in [0, 0.1) is 0 Å². The Balaban J connectivity index is 1.53. The molecule has 0 bridgehead atoms. The van der Waals surface area contributed by atoms with E-state index >= 15 is 0 Å². The van der Waals surface area contributed by atoms with E-state index in [-0.39, 0.29) is 5.91 Å². The minimum Gasteiger partial charge on any atom is -0.307 e. The molecule has 0 spiro atoms. The molecule has 1 fully saturated rings. The summed E-state index contributed by atoms with van der Waals surface area (Å²) < 4.78 is 1.97. The predicted molar refractivity (Wildman–Crippen MR) is 88.6 cm³/mol. The van der Waals surface area contributed by atoms with Gasteiger partial charge in [0.15, 0.2) is 0 Å². The number of hydrogen-bond acceptors (Lipinski definition) is 3. The van der Waals surface area contributed by atoms with Gasteiger partial charge in [-0.3, -0.25) is 9.78 Å². The third-order valence-corrected chi connectivity index (χ3v) is 5.01. The van der Waals surface area contributed by atoms with Gasteiger partial charge in [0.25, 0.3) is 5.91 Å². The summed E-state index contributed by atoms with van der Waals surface area (Å²) in [5.41, 5.74) is 3.03. The Labute approximate surface area is 136 Å². The highest BCUT2D eigenvalue weighted by Crippen LogP contribution is 2.31. The zero-order chi connectivity index (χ0) is 15.6. The van der Waals surface area contributed by atoms with Gasteiger partial charge in [0.05, 0.1) is 17.8 Å². The van der Waals surface area contributed by atoms with Crippen LogP contribution in [-0.4, -0.2) is 20.7 Å². The van der Waals surface area contributed by atoms with Gasteiger partial charge in [-0.1, -0.05) is 12.8 Å². The first-order valence-electron chi connectivity index (χ1n) is 8.64. The maximum Gasteiger partial charge on any atom is 0.258 e. The third-order valence-electron chi connectivity index (χ3n) is 5.01. The zero-order valence-corrected chi connectivity index (χ0v) is 13.3. The molecule has 23 heavy (non-hydrogen) atoms. The standard InChI is InChI=1S/C18H22N4O/c23-18(14-11-13-5-1-4-8-16(13)19-12-14)21-17-9-10-20-22(17)15-6-2-3-7-15/h9-12,15H,1-8H2,(H,21,23). The Morgan fingerprint density at radius 1 is 1.17 bits per heavy atom. The number of aromatic nitrogens is 3. The molecule has 120 valence electrons. The molecule has 0 unspecified atom stereocenters. The Morgan fingerprint density at radius 2 is 2.00 bits per heavy atom. The van der Waals surface area contributed by atoms with Crippen LogP contribution in [0.25, 0.3) is 0 Å². The quantitative estimate of drug-likeness (QED) is 0.943. The number of carbonyl (C=O) groups excluding carboxylic acids is 1. The Hall–Kier alpha value is -2.17. The van der Waals surface area contributed by atoms with Crippen LogP contribution in [0.5, 0.6) is 0 Å². The molecular formula is C18H22N4O. The van der Waals surface area contributed by atoms with E-state index in [1.54, 1.807) is 12.4 Å². The van der Waals surface area contributed by atoms with Crippen molar-refractivity contribution in [3.05, 3.63) is 41.3 Å². The highest BCUT2D eigenvalue weighted by Gasteiger charge is 2.21. The largest absolute Gasteiger partial charge is 0.307 e. The number of nitrogens with zero attached hydrogens (tertiary/aromatic N) is 3. The fourth-order valence-corrected chi connectivity index (χ4v) is 3.75. The van der Waals surface area contributed by atoms with Crippen molar-refractivity contribution in [2.45, 2.75) is 57.4 Å². The number of rotatable bonds is 3. The van der Waals surface area contributed by atoms with Gasteiger partial charge in [-0.05, 0) is 50.2 Å². The van der Waals surface area contributed by atoms with Gasteiger partial charge in [0.1, 0.15) is 5.82 Å². The lowest BCUT2D eigenvalue weighted by Crippen LogP contribution is -2.18. The molecule has 0 atom stereocenters. The van der Waals surface area contributed by atoms with Crippen LogP contribution in [0.2, 0.25) is 0 Å². The Kier molecular flexibility index (Phi) is 3.85. The van der Waals surface area contributed by atoms with Crippen molar-refractivity contribution < 1.29 is 4.79 Å². The van der Waals surface area contributed by atoms with Gasteiger partial charge in [-0.15, -0.1) is 0 Å². The lowest BCUT2D eigenvalue weighted by molar-refractivity contribution is 0.102. The lowest BCUT2D eigenvalue weighted by atomic mass is 9.95. The minimum atomic E-state index is -0.0920. The summed E-state index contributed by atoms with van der Waals surface area (Å²) in [7, 11) is 0. The number of fused-ring (bicyclic) bond motifs is 1. The van der Waals surface area contributed by atoms with Crippen LogP contribution < -0.4 is 5.32 Å². The fourth-order valence-electron chi connectivity index (χ4n) is 3.75. The highest BCUT2D eigenvalue weighted by atomic mass is 16.1. The summed E-state index contributed by atoms with van der Waals surface area (Å²) in [4.78, 5) is 17.1. The molecule has 2 aromatic rings. The molecule has 0 aliphatic heterocycles. The van der Waals surface area contributed by atoms with E-state index in [4.69, 9.17) is 0 Å². The number of anilines is 1. The van der Waals surface area contributed by atoms with Gasteiger partial charge >= 0.3 is 0 Å². The molecule has 2 aromatic heterocycles. The molecule has 2 aliphatic rings. The summed E-state index contributed by atoms with van der Waals surface area (Å²) in [5, 5.41) is 7.41. The molecule has 0 aromatic carbocycles. The number of pyridine rings is 1. The maximum absolute atomic E-state index is 12.6. The molecule has 5 nitrogen and oxygen atoms in total. The van der Waals surface area contributed by atoms with Crippen molar-refractivity contribution in [2.24, 2.45) is 0 Å². The molecule has 2 aliphatic carbocycles. The summed E-state index contributed by atoms with van der Waals surface area (Å²) in [6.07, 6.45) is 12.7. The van der Waals surface area contributed by atoms with Gasteiger partial charge in [0, 0.05) is 18.0 Å². The van der Waals surface area contributed by atoms with Crippen LogP contribution in [0.3, 0.4) is 0 Å². The zero-order valence-electron chi connectivity index (χ0n) is 13.3. The highest BCUT2D eigenvalue weighted by molar-refractivity contribution is 6.03. The van der Waals surface area contributed by atoms with Crippen LogP contribution in [0.15, 0.2) is 24.5 Å². The molecule has 0 saturated heterocycles. The van der Waals surface area contributed by atoms with Crippen molar-refractivity contribution in [1.82, 2.24) is 14.8 Å². The summed E-state index contributed by atoms with van der Waals surface area (Å²) >= 11 is 0. The van der Waals surface area contributed by atoms with Crippen LogP contribution in [0.4, 0.5) is 5.82 Å². The average Bonchev–Trinajstić information content (AvgIpc) is 3.25. The SMILES string of the molecule is O=C(Nc1ccnn1C1CCCC1)c1cnc2c(c1)CCCC2. The van der Waals surface area contributed by atoms with E-state index in [2.05, 4.69) is 15.4 Å². The topological polar surface area (TPSA) is 59.8 Å². The van der Waals surface area contributed by atoms with Gasteiger partial charge in [0.2, 0.25) is 0 Å². The van der Waals surface area contributed by atoms with Crippen LogP contribution in [0.1, 0.15) is 66.2 Å². The molecule has 5 heteroatoms. The van der Waals surface area contributed by atoms with E-state index in [9.17, 15) is 4.79 Å². The lowest BCUT2D eigenvalue weighted by Gasteiger charge is -2.16. The maximum atomic E-state index is 12.6. The van der Waals surface area contributed by atoms with Crippen LogP contribution >= 0.6 is 0 Å². The van der Waals surface area contributed by atoms with E-state index < -0.39 is 0 Å². The smallest absolute Gasteiger partial charge is 0.258 e. The Morgan fingerprint density at radius 3 is 2.87 bits per heavy atom. The van der Waals surface area contributed by atoms with Crippen molar-refractivity contribution in [3.63, 3.8) is 0 Å². The first-order chi connectivity index (χ1) is 11.3. The van der Waals surface area contributed by atoms with Crippen molar-refractivity contribution >= 4 is 11.7 Å². The molecule has 4 rings (SSSR count). The van der Waals surface area contributed by atoms with Crippen molar-refractivity contribution in [1.29, 1.82) is 0 Å². The second kappa shape index (κ2) is 6.14. The van der Waals surface area contributed by atoms with E-state index in [1.165, 1.54) is 31.2 Å². The summed E-state index contributed by atoms with van der Waals surface area (Å²) in [6.45, 7) is 0. The first kappa shape index (κ1) is 14.4. The molecule has 0 radical (unpaired) electrons. The van der Waals surface area contributed by atoms with Crippen LogP contribution in [-0.2, 0) is 12.8 Å². The molecule has 2 heterocycles. The monoisotopic (exact) mass is 310 g/mol. The van der Waals surface area contributed by atoms with Crippen molar-refractivity contribution in [2.75, 3.05) is 5.32 Å².